The zero-order valence-corrected chi connectivity index (χ0v) is 28.5. The summed E-state index contributed by atoms with van der Waals surface area (Å²) in [4.78, 5) is 33.8. The number of fused-ring (bicyclic) bond motifs is 2. The Hall–Kier alpha value is -5.30. The standard InChI is InChI=1S/C34H34F3N5O7S/c1-20(40-49-32(2,3)31(44)41-50(5,45)46)23-14-24(16-26(15-23)47-4)39-29(22-8-6-21(18-38)7-9-22)30(43)42-19-33(12-13-33)27-11-10-25(17-28(27)42)48-34(35,36)37/h6-11,14-17,29,39H,12-13,19H2,1-5H3,(H,41,44). The van der Waals surface area contributed by atoms with Crippen molar-refractivity contribution in [3.05, 3.63) is 82.9 Å². The molecule has 1 atom stereocenters. The van der Waals surface area contributed by atoms with Crippen LogP contribution in [0.2, 0.25) is 0 Å². The van der Waals surface area contributed by atoms with Gasteiger partial charge in [-0.1, -0.05) is 23.4 Å². The zero-order valence-electron chi connectivity index (χ0n) is 27.7. The maximum atomic E-state index is 14.5. The molecule has 1 unspecified atom stereocenters. The Kier molecular flexibility index (Phi) is 9.50. The molecule has 1 saturated carbocycles. The van der Waals surface area contributed by atoms with Crippen LogP contribution >= 0.6 is 0 Å². The number of hydrogen-bond donors (Lipinski definition) is 2. The Morgan fingerprint density at radius 2 is 1.72 bits per heavy atom. The van der Waals surface area contributed by atoms with Crippen molar-refractivity contribution in [1.82, 2.24) is 4.72 Å². The molecule has 16 heteroatoms. The number of oxime groups is 1. The average molecular weight is 714 g/mol. The number of benzene rings is 3. The van der Waals surface area contributed by atoms with E-state index in [9.17, 15) is 36.4 Å². The van der Waals surface area contributed by atoms with E-state index in [-0.39, 0.29) is 17.7 Å². The first-order valence-corrected chi connectivity index (χ1v) is 17.1. The number of halogens is 3. The summed E-state index contributed by atoms with van der Waals surface area (Å²) in [6.07, 6.45) is -2.54. The maximum absolute atomic E-state index is 14.5. The van der Waals surface area contributed by atoms with E-state index in [4.69, 9.17) is 9.57 Å². The largest absolute Gasteiger partial charge is 0.573 e. The first-order chi connectivity index (χ1) is 23.3. The lowest BCUT2D eigenvalue weighted by Gasteiger charge is -2.27. The number of nitrogens with one attached hydrogen (secondary N) is 2. The highest BCUT2D eigenvalue weighted by molar-refractivity contribution is 7.89. The fourth-order valence-electron chi connectivity index (χ4n) is 5.57. The van der Waals surface area contributed by atoms with Crippen molar-refractivity contribution in [2.75, 3.05) is 30.1 Å². The number of methoxy groups -OCH3 is 1. The summed E-state index contributed by atoms with van der Waals surface area (Å²) in [6.45, 7) is 4.54. The van der Waals surface area contributed by atoms with Gasteiger partial charge >= 0.3 is 6.36 Å². The molecule has 1 aliphatic carbocycles. The van der Waals surface area contributed by atoms with Gasteiger partial charge in [0.15, 0.2) is 0 Å². The number of rotatable bonds is 11. The average Bonchev–Trinajstić information content (AvgIpc) is 3.76. The molecule has 2 aliphatic rings. The van der Waals surface area contributed by atoms with Gasteiger partial charge in [0.05, 0.1) is 36.4 Å². The van der Waals surface area contributed by atoms with E-state index in [2.05, 4.69) is 15.2 Å². The Morgan fingerprint density at radius 3 is 2.30 bits per heavy atom. The summed E-state index contributed by atoms with van der Waals surface area (Å²) in [5, 5.41) is 16.6. The van der Waals surface area contributed by atoms with E-state index in [0.717, 1.165) is 24.7 Å². The van der Waals surface area contributed by atoms with Crippen molar-refractivity contribution >= 4 is 38.9 Å². The number of ether oxygens (including phenoxy) is 2. The summed E-state index contributed by atoms with van der Waals surface area (Å²) < 4.78 is 74.0. The third kappa shape index (κ3) is 8.11. The quantitative estimate of drug-likeness (QED) is 0.199. The van der Waals surface area contributed by atoms with E-state index in [0.29, 0.717) is 33.8 Å². The minimum atomic E-state index is -4.92. The lowest BCUT2D eigenvalue weighted by Crippen LogP contribution is -2.45. The molecule has 2 amide bonds. The van der Waals surface area contributed by atoms with Crippen molar-refractivity contribution in [2.45, 2.75) is 57.0 Å². The second kappa shape index (κ2) is 13.2. The van der Waals surface area contributed by atoms with Crippen LogP contribution in [0.5, 0.6) is 11.5 Å². The van der Waals surface area contributed by atoms with Crippen molar-refractivity contribution in [3.63, 3.8) is 0 Å². The second-order valence-electron chi connectivity index (χ2n) is 12.7. The van der Waals surface area contributed by atoms with E-state index in [1.165, 1.54) is 38.0 Å². The van der Waals surface area contributed by atoms with Crippen LogP contribution in [0.4, 0.5) is 24.5 Å². The van der Waals surface area contributed by atoms with Gasteiger partial charge in [-0.3, -0.25) is 9.59 Å². The van der Waals surface area contributed by atoms with Crippen molar-refractivity contribution < 1.29 is 45.5 Å². The van der Waals surface area contributed by atoms with E-state index in [1.54, 1.807) is 55.5 Å². The molecule has 3 aromatic carbocycles. The number of nitrogens with zero attached hydrogens (tertiary/aromatic N) is 3. The molecule has 264 valence electrons. The van der Waals surface area contributed by atoms with Crippen LogP contribution in [-0.2, 0) is 29.9 Å². The van der Waals surface area contributed by atoms with Gasteiger partial charge in [0, 0.05) is 35.3 Å². The number of carbonyl (C=O) groups excluding carboxylic acids is 2. The molecule has 0 bridgehead atoms. The number of anilines is 2. The smallest absolute Gasteiger partial charge is 0.497 e. The number of amides is 2. The Balaban J connectivity index is 1.49. The first-order valence-electron chi connectivity index (χ1n) is 15.3. The molecule has 1 aliphatic heterocycles. The van der Waals surface area contributed by atoms with E-state index >= 15 is 0 Å². The Morgan fingerprint density at radius 1 is 1.04 bits per heavy atom. The Labute approximate surface area is 286 Å². The van der Waals surface area contributed by atoms with Gasteiger partial charge in [-0.15, -0.1) is 13.2 Å². The summed E-state index contributed by atoms with van der Waals surface area (Å²) in [5.74, 6) is -1.47. The molecule has 50 heavy (non-hydrogen) atoms. The molecule has 0 aromatic heterocycles. The molecule has 0 saturated heterocycles. The molecular weight excluding hydrogens is 679 g/mol. The highest BCUT2D eigenvalue weighted by Crippen LogP contribution is 2.57. The molecule has 3 aromatic rings. The van der Waals surface area contributed by atoms with Crippen LogP contribution in [0.25, 0.3) is 0 Å². The Bertz CT molecular complexity index is 2000. The summed E-state index contributed by atoms with van der Waals surface area (Å²) in [6, 6.07) is 16.3. The highest BCUT2D eigenvalue weighted by Gasteiger charge is 2.54. The van der Waals surface area contributed by atoms with Crippen LogP contribution in [-0.4, -0.2) is 57.8 Å². The third-order valence-electron chi connectivity index (χ3n) is 8.37. The zero-order chi connectivity index (χ0) is 36.6. The molecule has 0 radical (unpaired) electrons. The van der Waals surface area contributed by atoms with Crippen molar-refractivity contribution in [2.24, 2.45) is 5.16 Å². The third-order valence-corrected chi connectivity index (χ3v) is 8.93. The predicted octanol–water partition coefficient (Wildman–Crippen LogP) is 5.29. The van der Waals surface area contributed by atoms with E-state index in [1.807, 2.05) is 10.8 Å². The molecular formula is C34H34F3N5O7S. The lowest BCUT2D eigenvalue weighted by molar-refractivity contribution is -0.274. The topological polar surface area (TPSA) is 159 Å². The van der Waals surface area contributed by atoms with Gasteiger partial charge in [0.1, 0.15) is 17.5 Å². The molecule has 1 fully saturated rings. The fourth-order valence-corrected chi connectivity index (χ4v) is 6.15. The van der Waals surface area contributed by atoms with Gasteiger partial charge in [-0.05, 0) is 75.1 Å². The SMILES string of the molecule is COc1cc(NC(C(=O)N2CC3(CC3)c3ccc(OC(F)(F)F)cc32)c2ccc(C#N)cc2)cc(C(C)=NOC(C)(C)C(=O)NS(C)(=O)=O)c1. The van der Waals surface area contributed by atoms with Gasteiger partial charge in [0.25, 0.3) is 11.8 Å². The van der Waals surface area contributed by atoms with Crippen LogP contribution in [0, 0.1) is 11.3 Å². The number of nitriles is 1. The van der Waals surface area contributed by atoms with Gasteiger partial charge in [-0.2, -0.15) is 5.26 Å². The normalized spacial score (nSPS) is 15.8. The van der Waals surface area contributed by atoms with Crippen LogP contribution in [0.1, 0.15) is 61.9 Å². The van der Waals surface area contributed by atoms with Crippen molar-refractivity contribution in [3.8, 4) is 17.6 Å². The summed E-state index contributed by atoms with van der Waals surface area (Å²) in [5.41, 5.74) is 1.02. The number of hydrogen-bond acceptors (Lipinski definition) is 10. The van der Waals surface area contributed by atoms with Crippen molar-refractivity contribution in [1.29, 1.82) is 5.26 Å². The minimum absolute atomic E-state index is 0.264. The molecule has 1 spiro atoms. The predicted molar refractivity (Wildman–Crippen MR) is 177 cm³/mol. The van der Waals surface area contributed by atoms with E-state index < -0.39 is 45.6 Å². The van der Waals surface area contributed by atoms with Crippen LogP contribution in [0.3, 0.4) is 0 Å². The van der Waals surface area contributed by atoms with Gasteiger partial charge in [-0.25, -0.2) is 13.1 Å². The number of sulfonamides is 1. The molecule has 1 heterocycles. The summed E-state index contributed by atoms with van der Waals surface area (Å²) >= 11 is 0. The fraction of sp³-hybridized carbons (Fsp3) is 0.353. The maximum Gasteiger partial charge on any atom is 0.573 e. The molecule has 2 N–H and O–H groups in total. The first kappa shape index (κ1) is 36.0. The second-order valence-corrected chi connectivity index (χ2v) is 14.4. The molecule has 5 rings (SSSR count). The van der Waals surface area contributed by atoms with Crippen LogP contribution < -0.4 is 24.4 Å². The van der Waals surface area contributed by atoms with Crippen LogP contribution in [0.15, 0.2) is 65.8 Å². The lowest BCUT2D eigenvalue weighted by atomic mass is 9.99. The number of alkyl halides is 3. The highest BCUT2D eigenvalue weighted by atomic mass is 32.2. The van der Waals surface area contributed by atoms with Gasteiger partial charge in [0.2, 0.25) is 15.6 Å². The number of carbonyl (C=O) groups is 2. The minimum Gasteiger partial charge on any atom is -0.497 e. The molecule has 12 nitrogen and oxygen atoms in total. The van der Waals surface area contributed by atoms with Gasteiger partial charge < -0.3 is 24.5 Å². The summed E-state index contributed by atoms with van der Waals surface area (Å²) in [7, 11) is -2.41. The monoisotopic (exact) mass is 713 g/mol.